The van der Waals surface area contributed by atoms with Gasteiger partial charge in [0.1, 0.15) is 0 Å². The molecule has 10 heavy (non-hydrogen) atoms. The van der Waals surface area contributed by atoms with Crippen molar-refractivity contribution in [3.63, 3.8) is 0 Å². The van der Waals surface area contributed by atoms with Crippen LogP contribution in [0, 0.1) is 5.92 Å². The van der Waals surface area contributed by atoms with E-state index >= 15 is 0 Å². The molecule has 0 aromatic carbocycles. The normalized spacial score (nSPS) is 11.2. The standard InChI is InChI=1S/C6H13ClO2Si/c1-5(2)6(8)9-10-4-3-7/h5H,3-4,10H2,1-2H3. The molecular weight excluding hydrogens is 168 g/mol. The first-order chi connectivity index (χ1) is 4.68. The van der Waals surface area contributed by atoms with Crippen LogP contribution in [0.2, 0.25) is 6.04 Å². The van der Waals surface area contributed by atoms with Crippen molar-refractivity contribution in [1.29, 1.82) is 0 Å². The van der Waals surface area contributed by atoms with Crippen LogP contribution < -0.4 is 0 Å². The second kappa shape index (κ2) is 5.74. The first-order valence-electron chi connectivity index (χ1n) is 3.41. The van der Waals surface area contributed by atoms with Gasteiger partial charge in [-0.2, -0.15) is 0 Å². The van der Waals surface area contributed by atoms with Crippen LogP contribution in [0.25, 0.3) is 0 Å². The fraction of sp³-hybridized carbons (Fsp3) is 0.833. The van der Waals surface area contributed by atoms with Gasteiger partial charge < -0.3 is 4.43 Å². The minimum Gasteiger partial charge on any atom is -0.525 e. The third-order valence-corrected chi connectivity index (χ3v) is 2.84. The van der Waals surface area contributed by atoms with Crippen LogP contribution in [0.1, 0.15) is 13.8 Å². The Labute approximate surface area is 68.8 Å². The molecule has 0 spiro atoms. The highest BCUT2D eigenvalue weighted by Crippen LogP contribution is 1.95. The lowest BCUT2D eigenvalue weighted by atomic mass is 10.2. The van der Waals surface area contributed by atoms with Crippen molar-refractivity contribution in [2.24, 2.45) is 5.92 Å². The quantitative estimate of drug-likeness (QED) is 0.366. The lowest BCUT2D eigenvalue weighted by molar-refractivity contribution is -0.137. The molecule has 4 heteroatoms. The Bertz CT molecular complexity index is 106. The Balaban J connectivity index is 3.22. The average molecular weight is 181 g/mol. The van der Waals surface area contributed by atoms with Gasteiger partial charge in [0.05, 0.1) is 0 Å². The lowest BCUT2D eigenvalue weighted by Gasteiger charge is -2.04. The molecule has 0 bridgehead atoms. The van der Waals surface area contributed by atoms with Crippen LogP contribution in [-0.2, 0) is 9.22 Å². The molecule has 0 heterocycles. The van der Waals surface area contributed by atoms with Gasteiger partial charge in [-0.1, -0.05) is 13.8 Å². The predicted octanol–water partition coefficient (Wildman–Crippen LogP) is 0.926. The number of hydrogen-bond acceptors (Lipinski definition) is 2. The van der Waals surface area contributed by atoms with Gasteiger partial charge in [0.15, 0.2) is 0 Å². The zero-order valence-electron chi connectivity index (χ0n) is 6.39. The van der Waals surface area contributed by atoms with E-state index in [0.29, 0.717) is 5.88 Å². The first-order valence-corrected chi connectivity index (χ1v) is 5.52. The summed E-state index contributed by atoms with van der Waals surface area (Å²) in [6.07, 6.45) is 0. The Morgan fingerprint density at radius 3 is 2.70 bits per heavy atom. The topological polar surface area (TPSA) is 26.3 Å². The minimum atomic E-state index is -0.660. The second-order valence-electron chi connectivity index (χ2n) is 2.36. The van der Waals surface area contributed by atoms with Gasteiger partial charge in [-0.15, -0.1) is 11.6 Å². The smallest absolute Gasteiger partial charge is 0.294 e. The van der Waals surface area contributed by atoms with Gasteiger partial charge in [0, 0.05) is 11.8 Å². The summed E-state index contributed by atoms with van der Waals surface area (Å²) in [5, 5.41) is 0. The summed E-state index contributed by atoms with van der Waals surface area (Å²) in [5.74, 6) is 0.525. The van der Waals surface area contributed by atoms with Crippen LogP contribution in [0.3, 0.4) is 0 Å². The summed E-state index contributed by atoms with van der Waals surface area (Å²) < 4.78 is 4.96. The highest BCUT2D eigenvalue weighted by Gasteiger charge is 2.06. The molecular formula is C6H13ClO2Si. The maximum Gasteiger partial charge on any atom is 0.294 e. The number of hydrogen-bond donors (Lipinski definition) is 0. The molecule has 0 aromatic rings. The van der Waals surface area contributed by atoms with Crippen molar-refractivity contribution in [2.75, 3.05) is 5.88 Å². The SMILES string of the molecule is CC(C)C(=O)O[SiH2]CCCl. The van der Waals surface area contributed by atoms with E-state index in [1.54, 1.807) is 0 Å². The number of carbonyl (C=O) groups excluding carboxylic acids is 1. The predicted molar refractivity (Wildman–Crippen MR) is 45.0 cm³/mol. The molecule has 0 N–H and O–H groups in total. The van der Waals surface area contributed by atoms with E-state index < -0.39 is 9.76 Å². The number of carbonyl (C=O) groups is 1. The number of alkyl halides is 1. The van der Waals surface area contributed by atoms with E-state index in [0.717, 1.165) is 6.04 Å². The molecule has 0 fully saturated rings. The summed E-state index contributed by atoms with van der Waals surface area (Å²) >= 11 is 5.41. The maximum absolute atomic E-state index is 10.8. The average Bonchev–Trinajstić information content (AvgIpc) is 1.88. The molecule has 0 aliphatic rings. The van der Waals surface area contributed by atoms with Gasteiger partial charge in [-0.25, -0.2) is 0 Å². The van der Waals surface area contributed by atoms with Crippen molar-refractivity contribution >= 4 is 27.3 Å². The van der Waals surface area contributed by atoms with Crippen LogP contribution in [0.4, 0.5) is 0 Å². The summed E-state index contributed by atoms with van der Waals surface area (Å²) in [7, 11) is -0.660. The minimum absolute atomic E-state index is 0.00262. The Kier molecular flexibility index (Phi) is 5.73. The van der Waals surface area contributed by atoms with Gasteiger partial charge in [0.2, 0.25) is 9.76 Å². The van der Waals surface area contributed by atoms with Crippen molar-refractivity contribution in [1.82, 2.24) is 0 Å². The molecule has 0 saturated carbocycles. The molecule has 0 saturated heterocycles. The molecule has 0 aromatic heterocycles. The molecule has 60 valence electrons. The molecule has 0 aliphatic heterocycles. The van der Waals surface area contributed by atoms with Crippen molar-refractivity contribution in [3.05, 3.63) is 0 Å². The molecule has 2 nitrogen and oxygen atoms in total. The zero-order chi connectivity index (χ0) is 7.98. The molecule has 0 atom stereocenters. The summed E-state index contributed by atoms with van der Waals surface area (Å²) in [5.41, 5.74) is 0. The van der Waals surface area contributed by atoms with Gasteiger partial charge in [-0.05, 0) is 6.04 Å². The van der Waals surface area contributed by atoms with Crippen LogP contribution >= 0.6 is 11.6 Å². The van der Waals surface area contributed by atoms with Crippen LogP contribution in [0.15, 0.2) is 0 Å². The maximum atomic E-state index is 10.8. The van der Waals surface area contributed by atoms with Gasteiger partial charge >= 0.3 is 0 Å². The highest BCUT2D eigenvalue weighted by molar-refractivity contribution is 6.33. The second-order valence-corrected chi connectivity index (χ2v) is 4.15. The third-order valence-electron chi connectivity index (χ3n) is 0.994. The molecule has 0 unspecified atom stereocenters. The highest BCUT2D eigenvalue weighted by atomic mass is 35.5. The van der Waals surface area contributed by atoms with Crippen LogP contribution in [0.5, 0.6) is 0 Å². The summed E-state index contributed by atoms with van der Waals surface area (Å²) in [4.78, 5) is 10.8. The Morgan fingerprint density at radius 2 is 2.30 bits per heavy atom. The molecule has 0 amide bonds. The summed E-state index contributed by atoms with van der Waals surface area (Å²) in [6.45, 7) is 3.66. The number of rotatable bonds is 4. The van der Waals surface area contributed by atoms with E-state index in [2.05, 4.69) is 0 Å². The van der Waals surface area contributed by atoms with E-state index in [9.17, 15) is 4.79 Å². The Morgan fingerprint density at radius 1 is 1.70 bits per heavy atom. The number of halogens is 1. The molecule has 0 rings (SSSR count). The largest absolute Gasteiger partial charge is 0.525 e. The van der Waals surface area contributed by atoms with E-state index in [1.165, 1.54) is 0 Å². The first kappa shape index (κ1) is 9.98. The van der Waals surface area contributed by atoms with Crippen molar-refractivity contribution < 1.29 is 9.22 Å². The monoisotopic (exact) mass is 180 g/mol. The van der Waals surface area contributed by atoms with E-state index in [-0.39, 0.29) is 11.9 Å². The fourth-order valence-corrected chi connectivity index (χ4v) is 1.51. The fourth-order valence-electron chi connectivity index (χ4n) is 0.394. The van der Waals surface area contributed by atoms with Gasteiger partial charge in [0.25, 0.3) is 5.97 Å². The van der Waals surface area contributed by atoms with E-state index in [4.69, 9.17) is 16.0 Å². The summed E-state index contributed by atoms with van der Waals surface area (Å²) in [6, 6.07) is 0.875. The Hall–Kier alpha value is -0.0231. The third kappa shape index (κ3) is 4.82. The van der Waals surface area contributed by atoms with Crippen LogP contribution in [-0.4, -0.2) is 21.6 Å². The zero-order valence-corrected chi connectivity index (χ0v) is 8.56. The molecule has 0 radical (unpaired) electrons. The van der Waals surface area contributed by atoms with Crippen molar-refractivity contribution in [2.45, 2.75) is 19.9 Å². The molecule has 0 aliphatic carbocycles. The van der Waals surface area contributed by atoms with Crippen molar-refractivity contribution in [3.8, 4) is 0 Å². The lowest BCUT2D eigenvalue weighted by Crippen LogP contribution is -2.14. The van der Waals surface area contributed by atoms with Gasteiger partial charge in [-0.3, -0.25) is 4.79 Å². The van der Waals surface area contributed by atoms with E-state index in [1.807, 2.05) is 13.8 Å².